The Hall–Kier alpha value is -2.31. The molecule has 2 rings (SSSR count). The number of pyridine rings is 1. The molecule has 0 spiro atoms. The highest BCUT2D eigenvalue weighted by molar-refractivity contribution is 6.15. The van der Waals surface area contributed by atoms with Crippen LogP contribution in [0.1, 0.15) is 29.9 Å². The standard InChI is InChI=1S/C13H14FN3O3/c1-7(14)13(2)12(19)16-10(17-13)9-6-8(4-5-15-9)11(18)20-3/h4-7H,1-3H3,(H,16,17,19). The van der Waals surface area contributed by atoms with Crippen molar-refractivity contribution < 1.29 is 18.7 Å². The number of alkyl halides is 1. The molecule has 0 saturated carbocycles. The van der Waals surface area contributed by atoms with Gasteiger partial charge in [0.05, 0.1) is 12.7 Å². The molecule has 1 amide bonds. The van der Waals surface area contributed by atoms with Crippen LogP contribution in [0.2, 0.25) is 0 Å². The van der Waals surface area contributed by atoms with Gasteiger partial charge in [-0.15, -0.1) is 0 Å². The van der Waals surface area contributed by atoms with Crippen LogP contribution in [0.25, 0.3) is 0 Å². The van der Waals surface area contributed by atoms with Gasteiger partial charge in [-0.05, 0) is 26.0 Å². The van der Waals surface area contributed by atoms with Crippen molar-refractivity contribution in [3.05, 3.63) is 29.6 Å². The summed E-state index contributed by atoms with van der Waals surface area (Å²) in [5, 5.41) is 2.48. The molecule has 20 heavy (non-hydrogen) atoms. The molecule has 1 aromatic heterocycles. The van der Waals surface area contributed by atoms with E-state index in [1.54, 1.807) is 0 Å². The maximum atomic E-state index is 13.5. The van der Waals surface area contributed by atoms with Gasteiger partial charge in [-0.2, -0.15) is 0 Å². The van der Waals surface area contributed by atoms with Gasteiger partial charge in [-0.25, -0.2) is 14.2 Å². The quantitative estimate of drug-likeness (QED) is 0.832. The number of halogens is 1. The van der Waals surface area contributed by atoms with Crippen molar-refractivity contribution in [2.24, 2.45) is 4.99 Å². The molecule has 1 N–H and O–H groups in total. The molecule has 2 unspecified atom stereocenters. The molecule has 0 aromatic carbocycles. The molecular formula is C13H14FN3O3. The first-order valence-electron chi connectivity index (χ1n) is 5.98. The van der Waals surface area contributed by atoms with Gasteiger partial charge in [0, 0.05) is 6.20 Å². The maximum Gasteiger partial charge on any atom is 0.337 e. The number of aliphatic imine (C=N–C) groups is 1. The zero-order valence-electron chi connectivity index (χ0n) is 11.3. The van der Waals surface area contributed by atoms with Gasteiger partial charge < -0.3 is 10.1 Å². The average molecular weight is 279 g/mol. The second-order valence-electron chi connectivity index (χ2n) is 4.60. The van der Waals surface area contributed by atoms with Crippen LogP contribution in [0, 0.1) is 0 Å². The SMILES string of the molecule is COC(=O)c1ccnc(C2=NC(C)(C(C)F)C(=O)N2)c1. The monoisotopic (exact) mass is 279 g/mol. The van der Waals surface area contributed by atoms with Crippen molar-refractivity contribution in [3.63, 3.8) is 0 Å². The van der Waals surface area contributed by atoms with Crippen LogP contribution in [0.4, 0.5) is 4.39 Å². The van der Waals surface area contributed by atoms with E-state index in [2.05, 4.69) is 20.0 Å². The molecule has 0 aliphatic carbocycles. The first kappa shape index (κ1) is 14.1. The van der Waals surface area contributed by atoms with E-state index in [0.29, 0.717) is 0 Å². The number of nitrogens with one attached hydrogen (secondary N) is 1. The molecule has 1 aliphatic heterocycles. The Balaban J connectivity index is 2.39. The second kappa shape index (κ2) is 4.99. The fraction of sp³-hybridized carbons (Fsp3) is 0.385. The van der Waals surface area contributed by atoms with Gasteiger partial charge in [-0.3, -0.25) is 9.78 Å². The first-order valence-corrected chi connectivity index (χ1v) is 5.98. The number of hydrogen-bond acceptors (Lipinski definition) is 5. The number of carbonyl (C=O) groups excluding carboxylic acids is 2. The van der Waals surface area contributed by atoms with Crippen LogP contribution in [-0.4, -0.2) is 41.5 Å². The van der Waals surface area contributed by atoms with Crippen LogP contribution >= 0.6 is 0 Å². The van der Waals surface area contributed by atoms with Crippen LogP contribution in [0.5, 0.6) is 0 Å². The van der Waals surface area contributed by atoms with Gasteiger partial charge in [0.1, 0.15) is 11.9 Å². The van der Waals surface area contributed by atoms with Crippen molar-refractivity contribution in [1.29, 1.82) is 0 Å². The number of ether oxygens (including phenoxy) is 1. The Bertz CT molecular complexity index is 600. The van der Waals surface area contributed by atoms with Crippen LogP contribution in [-0.2, 0) is 9.53 Å². The third-order valence-corrected chi connectivity index (χ3v) is 3.23. The zero-order valence-corrected chi connectivity index (χ0v) is 11.3. The highest BCUT2D eigenvalue weighted by Crippen LogP contribution is 2.24. The van der Waals surface area contributed by atoms with Crippen LogP contribution in [0.15, 0.2) is 23.3 Å². The number of carbonyl (C=O) groups is 2. The number of aromatic nitrogens is 1. The summed E-state index contributed by atoms with van der Waals surface area (Å²) >= 11 is 0. The lowest BCUT2D eigenvalue weighted by Crippen LogP contribution is -2.43. The summed E-state index contributed by atoms with van der Waals surface area (Å²) in [5.41, 5.74) is -0.917. The lowest BCUT2D eigenvalue weighted by Gasteiger charge is -2.18. The van der Waals surface area contributed by atoms with E-state index in [0.717, 1.165) is 0 Å². The average Bonchev–Trinajstić information content (AvgIpc) is 2.75. The van der Waals surface area contributed by atoms with Gasteiger partial charge in [0.25, 0.3) is 5.91 Å². The van der Waals surface area contributed by atoms with Crippen LogP contribution in [0.3, 0.4) is 0 Å². The third-order valence-electron chi connectivity index (χ3n) is 3.23. The smallest absolute Gasteiger partial charge is 0.337 e. The Morgan fingerprint density at radius 3 is 2.80 bits per heavy atom. The number of hydrogen-bond donors (Lipinski definition) is 1. The predicted molar refractivity (Wildman–Crippen MR) is 69.2 cm³/mol. The maximum absolute atomic E-state index is 13.5. The predicted octanol–water partition coefficient (Wildman–Crippen LogP) is 0.861. The Morgan fingerprint density at radius 1 is 1.55 bits per heavy atom. The highest BCUT2D eigenvalue weighted by Gasteiger charge is 2.44. The molecule has 2 heterocycles. The molecular weight excluding hydrogens is 265 g/mol. The van der Waals surface area contributed by atoms with Gasteiger partial charge in [0.15, 0.2) is 11.4 Å². The summed E-state index contributed by atoms with van der Waals surface area (Å²) in [4.78, 5) is 31.3. The molecule has 6 nitrogen and oxygen atoms in total. The summed E-state index contributed by atoms with van der Waals surface area (Å²) in [5.74, 6) is -0.916. The minimum Gasteiger partial charge on any atom is -0.465 e. The molecule has 1 aliphatic rings. The second-order valence-corrected chi connectivity index (χ2v) is 4.60. The van der Waals surface area contributed by atoms with Crippen molar-refractivity contribution in [2.75, 3.05) is 7.11 Å². The Labute approximate surface area is 115 Å². The third kappa shape index (κ3) is 2.26. The Kier molecular flexibility index (Phi) is 3.52. The Morgan fingerprint density at radius 2 is 2.25 bits per heavy atom. The summed E-state index contributed by atoms with van der Waals surface area (Å²) in [6, 6.07) is 2.91. The molecule has 0 saturated heterocycles. The minimum absolute atomic E-state index is 0.146. The van der Waals surface area contributed by atoms with Crippen molar-refractivity contribution in [1.82, 2.24) is 10.3 Å². The number of esters is 1. The molecule has 2 atom stereocenters. The lowest BCUT2D eigenvalue weighted by atomic mass is 9.98. The van der Waals surface area contributed by atoms with E-state index in [9.17, 15) is 14.0 Å². The summed E-state index contributed by atoms with van der Waals surface area (Å²) in [6.45, 7) is 2.68. The number of nitrogens with zero attached hydrogens (tertiary/aromatic N) is 2. The summed E-state index contributed by atoms with van der Waals surface area (Å²) in [7, 11) is 1.26. The molecule has 0 bridgehead atoms. The fourth-order valence-electron chi connectivity index (χ4n) is 1.74. The largest absolute Gasteiger partial charge is 0.465 e. The van der Waals surface area contributed by atoms with E-state index >= 15 is 0 Å². The number of amidine groups is 1. The van der Waals surface area contributed by atoms with E-state index < -0.39 is 23.6 Å². The molecule has 106 valence electrons. The van der Waals surface area contributed by atoms with E-state index in [1.165, 1.54) is 39.3 Å². The highest BCUT2D eigenvalue weighted by atomic mass is 19.1. The first-order chi connectivity index (χ1) is 9.38. The zero-order chi connectivity index (χ0) is 14.9. The van der Waals surface area contributed by atoms with Crippen molar-refractivity contribution in [2.45, 2.75) is 25.6 Å². The number of methoxy groups -OCH3 is 1. The van der Waals surface area contributed by atoms with E-state index in [-0.39, 0.29) is 17.1 Å². The van der Waals surface area contributed by atoms with Gasteiger partial charge in [0.2, 0.25) is 0 Å². The van der Waals surface area contributed by atoms with Gasteiger partial charge >= 0.3 is 5.97 Å². The topological polar surface area (TPSA) is 80.7 Å². The van der Waals surface area contributed by atoms with E-state index in [4.69, 9.17) is 0 Å². The van der Waals surface area contributed by atoms with Crippen LogP contribution < -0.4 is 5.32 Å². The fourth-order valence-corrected chi connectivity index (χ4v) is 1.74. The van der Waals surface area contributed by atoms with Gasteiger partial charge in [-0.1, -0.05) is 0 Å². The number of rotatable bonds is 3. The van der Waals surface area contributed by atoms with Crippen molar-refractivity contribution in [3.8, 4) is 0 Å². The summed E-state index contributed by atoms with van der Waals surface area (Å²) in [6.07, 6.45) is -0.0473. The number of amides is 1. The normalized spacial score (nSPS) is 23.0. The molecule has 1 aromatic rings. The molecule has 7 heteroatoms. The van der Waals surface area contributed by atoms with E-state index in [1.807, 2.05) is 0 Å². The minimum atomic E-state index is -1.47. The summed E-state index contributed by atoms with van der Waals surface area (Å²) < 4.78 is 18.1. The molecule has 0 fully saturated rings. The lowest BCUT2D eigenvalue weighted by molar-refractivity contribution is -0.125. The van der Waals surface area contributed by atoms with Crippen molar-refractivity contribution >= 4 is 17.7 Å². The molecule has 0 radical (unpaired) electrons.